The van der Waals surface area contributed by atoms with Crippen molar-refractivity contribution in [2.75, 3.05) is 6.54 Å². The van der Waals surface area contributed by atoms with Crippen molar-refractivity contribution < 1.29 is 9.59 Å². The van der Waals surface area contributed by atoms with E-state index in [-0.39, 0.29) is 18.2 Å². The van der Waals surface area contributed by atoms with E-state index in [1.54, 1.807) is 6.92 Å². The number of nitrogens with one attached hydrogen (secondary N) is 1. The van der Waals surface area contributed by atoms with Gasteiger partial charge in [-0.25, -0.2) is 0 Å². The molecular formula is C15H21NO2. The quantitative estimate of drug-likeness (QED) is 0.786. The Bertz CT molecular complexity index is 409. The van der Waals surface area contributed by atoms with Crippen LogP contribution < -0.4 is 5.32 Å². The summed E-state index contributed by atoms with van der Waals surface area (Å²) in [6.45, 7) is 6.15. The first-order valence-electron chi connectivity index (χ1n) is 6.48. The van der Waals surface area contributed by atoms with Crippen LogP contribution in [-0.2, 0) is 4.79 Å². The molecule has 18 heavy (non-hydrogen) atoms. The Balaban J connectivity index is 2.62. The van der Waals surface area contributed by atoms with Crippen molar-refractivity contribution in [2.45, 2.75) is 39.5 Å². The average Bonchev–Trinajstić information content (AvgIpc) is 2.43. The summed E-state index contributed by atoms with van der Waals surface area (Å²) < 4.78 is 0. The molecule has 0 aliphatic carbocycles. The highest BCUT2D eigenvalue weighted by atomic mass is 16.2. The van der Waals surface area contributed by atoms with Gasteiger partial charge in [0.15, 0.2) is 5.78 Å². The van der Waals surface area contributed by atoms with E-state index in [1.807, 2.05) is 24.3 Å². The number of carbonyl (C=O) groups excluding carboxylic acids is 2. The van der Waals surface area contributed by atoms with E-state index in [1.165, 1.54) is 5.56 Å². The first-order chi connectivity index (χ1) is 8.58. The Morgan fingerprint density at radius 1 is 1.17 bits per heavy atom. The monoisotopic (exact) mass is 247 g/mol. The maximum Gasteiger partial charge on any atom is 0.220 e. The first-order valence-corrected chi connectivity index (χ1v) is 6.48. The normalized spacial score (nSPS) is 11.9. The Morgan fingerprint density at radius 3 is 2.28 bits per heavy atom. The zero-order valence-corrected chi connectivity index (χ0v) is 11.3. The number of benzene rings is 1. The summed E-state index contributed by atoms with van der Waals surface area (Å²) in [7, 11) is 0. The third kappa shape index (κ3) is 3.99. The average molecular weight is 247 g/mol. The van der Waals surface area contributed by atoms with Gasteiger partial charge in [-0.3, -0.25) is 9.59 Å². The van der Waals surface area contributed by atoms with E-state index in [2.05, 4.69) is 19.2 Å². The van der Waals surface area contributed by atoms with Gasteiger partial charge in [-0.15, -0.1) is 0 Å². The van der Waals surface area contributed by atoms with E-state index >= 15 is 0 Å². The molecule has 0 heterocycles. The van der Waals surface area contributed by atoms with Crippen molar-refractivity contribution in [1.29, 1.82) is 0 Å². The van der Waals surface area contributed by atoms with E-state index in [4.69, 9.17) is 0 Å². The van der Waals surface area contributed by atoms with Crippen LogP contribution in [0.25, 0.3) is 0 Å². The van der Waals surface area contributed by atoms with Crippen LogP contribution in [0.1, 0.15) is 55.5 Å². The molecule has 1 amide bonds. The van der Waals surface area contributed by atoms with Crippen LogP contribution in [0.15, 0.2) is 24.3 Å². The molecule has 0 aliphatic rings. The zero-order valence-electron chi connectivity index (χ0n) is 11.3. The van der Waals surface area contributed by atoms with Gasteiger partial charge >= 0.3 is 0 Å². The molecule has 1 N–H and O–H groups in total. The summed E-state index contributed by atoms with van der Waals surface area (Å²) in [5.41, 5.74) is 1.89. The molecule has 98 valence electrons. The lowest BCUT2D eigenvalue weighted by molar-refractivity contribution is -0.120. The minimum atomic E-state index is -0.0976. The SMILES string of the molecule is CCC(=O)NCC(=O)c1ccc(C(C)CC)cc1. The van der Waals surface area contributed by atoms with Crippen molar-refractivity contribution in [3.63, 3.8) is 0 Å². The molecule has 0 aromatic heterocycles. The second-order valence-electron chi connectivity index (χ2n) is 4.48. The minimum Gasteiger partial charge on any atom is -0.349 e. The van der Waals surface area contributed by atoms with E-state index in [0.29, 0.717) is 17.9 Å². The Kier molecular flexibility index (Phi) is 5.56. The lowest BCUT2D eigenvalue weighted by Gasteiger charge is -2.09. The standard InChI is InChI=1S/C15H21NO2/c1-4-11(3)12-6-8-13(9-7-12)14(17)10-16-15(18)5-2/h6-9,11H,4-5,10H2,1-3H3,(H,16,18). The molecule has 0 fully saturated rings. The molecule has 0 aliphatic heterocycles. The topological polar surface area (TPSA) is 46.2 Å². The predicted molar refractivity (Wildman–Crippen MR) is 72.8 cm³/mol. The van der Waals surface area contributed by atoms with Crippen LogP contribution in [0.4, 0.5) is 0 Å². The number of hydrogen-bond acceptors (Lipinski definition) is 2. The molecule has 1 rings (SSSR count). The minimum absolute atomic E-state index is 0.0486. The van der Waals surface area contributed by atoms with Gasteiger partial charge in [-0.2, -0.15) is 0 Å². The van der Waals surface area contributed by atoms with E-state index in [0.717, 1.165) is 6.42 Å². The molecule has 1 aromatic rings. The molecule has 0 saturated carbocycles. The van der Waals surface area contributed by atoms with Gasteiger partial charge in [-0.1, -0.05) is 45.0 Å². The second-order valence-corrected chi connectivity index (χ2v) is 4.48. The molecule has 3 heteroatoms. The van der Waals surface area contributed by atoms with Crippen molar-refractivity contribution in [1.82, 2.24) is 5.32 Å². The molecule has 1 atom stereocenters. The molecule has 0 bridgehead atoms. The van der Waals surface area contributed by atoms with Crippen molar-refractivity contribution in [2.24, 2.45) is 0 Å². The molecule has 3 nitrogen and oxygen atoms in total. The van der Waals surface area contributed by atoms with Crippen LogP contribution in [-0.4, -0.2) is 18.2 Å². The van der Waals surface area contributed by atoms with Crippen molar-refractivity contribution in [3.8, 4) is 0 Å². The molecule has 1 aromatic carbocycles. The number of ketones is 1. The molecule has 0 radical (unpaired) electrons. The van der Waals surface area contributed by atoms with Crippen LogP contribution >= 0.6 is 0 Å². The van der Waals surface area contributed by atoms with Crippen molar-refractivity contribution >= 4 is 11.7 Å². The molecular weight excluding hydrogens is 226 g/mol. The zero-order chi connectivity index (χ0) is 13.5. The molecule has 0 saturated heterocycles. The van der Waals surface area contributed by atoms with Crippen molar-refractivity contribution in [3.05, 3.63) is 35.4 Å². The van der Waals surface area contributed by atoms with Gasteiger partial charge in [0.25, 0.3) is 0 Å². The number of rotatable bonds is 6. The fourth-order valence-electron chi connectivity index (χ4n) is 1.64. The number of carbonyl (C=O) groups is 2. The molecule has 0 spiro atoms. The highest BCUT2D eigenvalue weighted by molar-refractivity contribution is 5.99. The van der Waals surface area contributed by atoms with E-state index in [9.17, 15) is 9.59 Å². The van der Waals surface area contributed by atoms with E-state index < -0.39 is 0 Å². The highest BCUT2D eigenvalue weighted by Gasteiger charge is 2.08. The summed E-state index contributed by atoms with van der Waals surface area (Å²) in [5.74, 6) is 0.362. The Labute approximate surface area is 109 Å². The number of amides is 1. The van der Waals surface area contributed by atoms with Gasteiger partial charge in [0.05, 0.1) is 6.54 Å². The number of hydrogen-bond donors (Lipinski definition) is 1. The Morgan fingerprint density at radius 2 is 1.78 bits per heavy atom. The maximum absolute atomic E-state index is 11.8. The summed E-state index contributed by atoms with van der Waals surface area (Å²) in [4.78, 5) is 22.9. The third-order valence-electron chi connectivity index (χ3n) is 3.18. The Hall–Kier alpha value is -1.64. The second kappa shape index (κ2) is 6.94. The fraction of sp³-hybridized carbons (Fsp3) is 0.467. The lowest BCUT2D eigenvalue weighted by Crippen LogP contribution is -2.28. The highest BCUT2D eigenvalue weighted by Crippen LogP contribution is 2.18. The maximum atomic E-state index is 11.8. The third-order valence-corrected chi connectivity index (χ3v) is 3.18. The van der Waals surface area contributed by atoms with Crippen LogP contribution in [0, 0.1) is 0 Å². The molecule has 1 unspecified atom stereocenters. The van der Waals surface area contributed by atoms with Gasteiger partial charge in [0.2, 0.25) is 5.91 Å². The summed E-state index contributed by atoms with van der Waals surface area (Å²) >= 11 is 0. The predicted octanol–water partition coefficient (Wildman–Crippen LogP) is 2.91. The summed E-state index contributed by atoms with van der Waals surface area (Å²) in [5, 5.41) is 2.59. The smallest absolute Gasteiger partial charge is 0.220 e. The first kappa shape index (κ1) is 14.4. The summed E-state index contributed by atoms with van der Waals surface area (Å²) in [6, 6.07) is 7.65. The van der Waals surface area contributed by atoms with Gasteiger partial charge in [0.1, 0.15) is 0 Å². The van der Waals surface area contributed by atoms with Gasteiger partial charge in [-0.05, 0) is 17.9 Å². The van der Waals surface area contributed by atoms with Gasteiger partial charge in [0, 0.05) is 12.0 Å². The van der Waals surface area contributed by atoms with Crippen LogP contribution in [0.3, 0.4) is 0 Å². The fourth-order valence-corrected chi connectivity index (χ4v) is 1.64. The van der Waals surface area contributed by atoms with Crippen LogP contribution in [0.2, 0.25) is 0 Å². The number of Topliss-reactive ketones (excluding diaryl/α,β-unsaturated/α-hetero) is 1. The largest absolute Gasteiger partial charge is 0.349 e. The van der Waals surface area contributed by atoms with Gasteiger partial charge < -0.3 is 5.32 Å². The lowest BCUT2D eigenvalue weighted by atomic mass is 9.97. The van der Waals surface area contributed by atoms with Crippen LogP contribution in [0.5, 0.6) is 0 Å². The summed E-state index contributed by atoms with van der Waals surface area (Å²) in [6.07, 6.45) is 1.49.